The zero-order chi connectivity index (χ0) is 14.6. The molecule has 1 aromatic heterocycles. The van der Waals surface area contributed by atoms with Crippen molar-refractivity contribution >= 4 is 21.8 Å². The number of aliphatic hydroxyl groups is 1. The van der Waals surface area contributed by atoms with E-state index in [4.69, 9.17) is 9.15 Å². The average molecular weight is 347 g/mol. The summed E-state index contributed by atoms with van der Waals surface area (Å²) in [5.74, 6) is -0.262. The monoisotopic (exact) mass is 346 g/mol. The van der Waals surface area contributed by atoms with Crippen LogP contribution in [0.15, 0.2) is 21.4 Å². The molecule has 7 heteroatoms. The molecule has 2 heterocycles. The Morgan fingerprint density at radius 1 is 1.55 bits per heavy atom. The van der Waals surface area contributed by atoms with Crippen LogP contribution in [0.3, 0.4) is 0 Å². The van der Waals surface area contributed by atoms with Gasteiger partial charge in [0, 0.05) is 32.2 Å². The molecular weight excluding hydrogens is 328 g/mol. The second kappa shape index (κ2) is 6.71. The highest BCUT2D eigenvalue weighted by atomic mass is 79.9. The van der Waals surface area contributed by atoms with Gasteiger partial charge in [-0.05, 0) is 22.9 Å². The van der Waals surface area contributed by atoms with Gasteiger partial charge < -0.3 is 19.6 Å². The first-order valence-corrected chi connectivity index (χ1v) is 7.30. The van der Waals surface area contributed by atoms with Crippen molar-refractivity contribution in [1.29, 1.82) is 0 Å². The minimum Gasteiger partial charge on any atom is -0.457 e. The number of carbonyl (C=O) groups is 1. The molecule has 1 aliphatic rings. The Labute approximate surface area is 126 Å². The predicted octanol–water partition coefficient (Wildman–Crippen LogP) is 0.855. The van der Waals surface area contributed by atoms with Crippen molar-refractivity contribution in [3.8, 4) is 0 Å². The molecule has 0 aromatic carbocycles. The van der Waals surface area contributed by atoms with E-state index in [1.54, 1.807) is 13.0 Å². The lowest BCUT2D eigenvalue weighted by Crippen LogP contribution is -2.51. The molecule has 0 bridgehead atoms. The molecular formula is C13H19BrN2O4. The second-order valence-electron chi connectivity index (χ2n) is 5.21. The number of furan rings is 1. The van der Waals surface area contributed by atoms with Crippen molar-refractivity contribution in [2.24, 2.45) is 0 Å². The van der Waals surface area contributed by atoms with Gasteiger partial charge in [0.05, 0.1) is 24.4 Å². The average Bonchev–Trinajstić information content (AvgIpc) is 2.83. The fourth-order valence-corrected chi connectivity index (χ4v) is 2.44. The molecule has 6 nitrogen and oxygen atoms in total. The zero-order valence-electron chi connectivity index (χ0n) is 11.4. The Bertz CT molecular complexity index is 455. The first kappa shape index (κ1) is 15.5. The third-order valence-corrected chi connectivity index (χ3v) is 3.54. The number of rotatable bonds is 5. The van der Waals surface area contributed by atoms with Crippen LogP contribution in [0, 0.1) is 0 Å². The van der Waals surface area contributed by atoms with Gasteiger partial charge in [-0.15, -0.1) is 0 Å². The van der Waals surface area contributed by atoms with Gasteiger partial charge in [0.25, 0.3) is 5.91 Å². The van der Waals surface area contributed by atoms with Crippen LogP contribution in [0.2, 0.25) is 0 Å². The third kappa shape index (κ3) is 4.59. The lowest BCUT2D eigenvalue weighted by molar-refractivity contribution is -0.0213. The summed E-state index contributed by atoms with van der Waals surface area (Å²) in [7, 11) is 0. The van der Waals surface area contributed by atoms with E-state index in [0.717, 1.165) is 13.1 Å². The van der Waals surface area contributed by atoms with Crippen LogP contribution in [0.5, 0.6) is 0 Å². The molecule has 0 spiro atoms. The number of ether oxygens (including phenoxy) is 1. The SMILES string of the molecule is CC(O)(CNC(=O)c1coc(Br)c1)CN1CCOCC1. The summed E-state index contributed by atoms with van der Waals surface area (Å²) < 4.78 is 10.8. The van der Waals surface area contributed by atoms with Crippen molar-refractivity contribution in [2.45, 2.75) is 12.5 Å². The van der Waals surface area contributed by atoms with E-state index in [9.17, 15) is 9.90 Å². The second-order valence-corrected chi connectivity index (χ2v) is 5.99. The zero-order valence-corrected chi connectivity index (χ0v) is 13.0. The van der Waals surface area contributed by atoms with E-state index in [0.29, 0.717) is 30.0 Å². The smallest absolute Gasteiger partial charge is 0.254 e. The minimum absolute atomic E-state index is 0.186. The van der Waals surface area contributed by atoms with Crippen LogP contribution >= 0.6 is 15.9 Å². The first-order valence-electron chi connectivity index (χ1n) is 6.51. The summed E-state index contributed by atoms with van der Waals surface area (Å²) in [4.78, 5) is 14.0. The topological polar surface area (TPSA) is 74.9 Å². The van der Waals surface area contributed by atoms with Gasteiger partial charge in [-0.1, -0.05) is 0 Å². The van der Waals surface area contributed by atoms with E-state index in [-0.39, 0.29) is 12.5 Å². The van der Waals surface area contributed by atoms with Crippen LogP contribution in [0.25, 0.3) is 0 Å². The van der Waals surface area contributed by atoms with Crippen molar-refractivity contribution < 1.29 is 19.1 Å². The van der Waals surface area contributed by atoms with Gasteiger partial charge in [-0.25, -0.2) is 0 Å². The summed E-state index contributed by atoms with van der Waals surface area (Å²) in [6.45, 7) is 5.39. The number of β-amino-alcohol motifs (C(OH)–C–C–N with tert-alkyl or cyclic N) is 1. The summed E-state index contributed by atoms with van der Waals surface area (Å²) in [6, 6.07) is 1.59. The van der Waals surface area contributed by atoms with Gasteiger partial charge in [0.2, 0.25) is 0 Å². The van der Waals surface area contributed by atoms with Gasteiger partial charge in [-0.3, -0.25) is 9.69 Å². The molecule has 1 fully saturated rings. The fraction of sp³-hybridized carbons (Fsp3) is 0.615. The summed E-state index contributed by atoms with van der Waals surface area (Å²) in [5, 5.41) is 13.1. The molecule has 0 aliphatic carbocycles. The molecule has 112 valence electrons. The van der Waals surface area contributed by atoms with Gasteiger partial charge in [-0.2, -0.15) is 0 Å². The molecule has 1 saturated heterocycles. The van der Waals surface area contributed by atoms with Crippen molar-refractivity contribution in [3.05, 3.63) is 22.6 Å². The van der Waals surface area contributed by atoms with E-state index < -0.39 is 5.60 Å². The number of hydrogen-bond donors (Lipinski definition) is 2. The molecule has 1 amide bonds. The quantitative estimate of drug-likeness (QED) is 0.826. The molecule has 1 atom stereocenters. The molecule has 0 radical (unpaired) electrons. The Hall–Kier alpha value is -0.890. The first-order chi connectivity index (χ1) is 9.46. The molecule has 1 aliphatic heterocycles. The van der Waals surface area contributed by atoms with Gasteiger partial charge in [0.1, 0.15) is 6.26 Å². The van der Waals surface area contributed by atoms with Crippen LogP contribution < -0.4 is 5.32 Å². The van der Waals surface area contributed by atoms with Gasteiger partial charge in [0.15, 0.2) is 4.67 Å². The Morgan fingerprint density at radius 2 is 2.25 bits per heavy atom. The highest BCUT2D eigenvalue weighted by Crippen LogP contribution is 2.14. The normalized spacial score (nSPS) is 19.6. The molecule has 2 rings (SSSR count). The number of amides is 1. The molecule has 0 saturated carbocycles. The number of halogens is 1. The number of morpholine rings is 1. The van der Waals surface area contributed by atoms with E-state index in [1.165, 1.54) is 6.26 Å². The predicted molar refractivity (Wildman–Crippen MR) is 76.6 cm³/mol. The highest BCUT2D eigenvalue weighted by molar-refractivity contribution is 9.10. The molecule has 2 N–H and O–H groups in total. The van der Waals surface area contributed by atoms with E-state index in [2.05, 4.69) is 26.1 Å². The maximum absolute atomic E-state index is 11.9. The maximum atomic E-state index is 11.9. The number of carbonyl (C=O) groups excluding carboxylic acids is 1. The lowest BCUT2D eigenvalue weighted by Gasteiger charge is -2.33. The summed E-state index contributed by atoms with van der Waals surface area (Å²) in [5.41, 5.74) is -0.549. The minimum atomic E-state index is -0.978. The van der Waals surface area contributed by atoms with E-state index >= 15 is 0 Å². The van der Waals surface area contributed by atoms with E-state index in [1.807, 2.05) is 0 Å². The lowest BCUT2D eigenvalue weighted by atomic mass is 10.1. The van der Waals surface area contributed by atoms with Gasteiger partial charge >= 0.3 is 0 Å². The Morgan fingerprint density at radius 3 is 2.85 bits per heavy atom. The molecule has 1 unspecified atom stereocenters. The fourth-order valence-electron chi connectivity index (χ4n) is 2.10. The van der Waals surface area contributed by atoms with Crippen molar-refractivity contribution in [3.63, 3.8) is 0 Å². The largest absolute Gasteiger partial charge is 0.457 e. The molecule has 1 aromatic rings. The Kier molecular flexibility index (Phi) is 5.20. The molecule has 20 heavy (non-hydrogen) atoms. The Balaban J connectivity index is 1.80. The van der Waals surface area contributed by atoms with Crippen LogP contribution in [-0.4, -0.2) is 60.9 Å². The number of nitrogens with one attached hydrogen (secondary N) is 1. The van der Waals surface area contributed by atoms with Crippen molar-refractivity contribution in [1.82, 2.24) is 10.2 Å². The maximum Gasteiger partial charge on any atom is 0.254 e. The summed E-state index contributed by atoms with van der Waals surface area (Å²) in [6.07, 6.45) is 1.37. The standard InChI is InChI=1S/C13H19BrN2O4/c1-13(18,9-16-2-4-19-5-3-16)8-15-12(17)10-6-11(14)20-7-10/h6-7,18H,2-5,8-9H2,1H3,(H,15,17). The number of nitrogens with zero attached hydrogens (tertiary/aromatic N) is 1. The number of hydrogen-bond acceptors (Lipinski definition) is 5. The summed E-state index contributed by atoms with van der Waals surface area (Å²) >= 11 is 3.14. The van der Waals surface area contributed by atoms with Crippen molar-refractivity contribution in [2.75, 3.05) is 39.4 Å². The third-order valence-electron chi connectivity index (χ3n) is 3.13. The van der Waals surface area contributed by atoms with Crippen LogP contribution in [-0.2, 0) is 4.74 Å². The highest BCUT2D eigenvalue weighted by Gasteiger charge is 2.26. The van der Waals surface area contributed by atoms with Crippen LogP contribution in [0.1, 0.15) is 17.3 Å². The van der Waals surface area contributed by atoms with Crippen LogP contribution in [0.4, 0.5) is 0 Å².